The zero-order valence-corrected chi connectivity index (χ0v) is 16.8. The van der Waals surface area contributed by atoms with Gasteiger partial charge in [-0.1, -0.05) is 13.0 Å². The first-order valence-corrected chi connectivity index (χ1v) is 10.4. The van der Waals surface area contributed by atoms with Crippen LogP contribution < -0.4 is 0 Å². The van der Waals surface area contributed by atoms with E-state index < -0.39 is 5.97 Å². The number of carboxylic acids is 1. The molecule has 3 heterocycles. The van der Waals surface area contributed by atoms with Crippen molar-refractivity contribution in [2.45, 2.75) is 45.2 Å². The third kappa shape index (κ3) is 5.74. The fraction of sp³-hybridized carbons (Fsp3) is 0.714. The van der Waals surface area contributed by atoms with Crippen molar-refractivity contribution in [2.24, 2.45) is 5.92 Å². The van der Waals surface area contributed by atoms with E-state index in [1.54, 1.807) is 0 Å². The normalized spacial score (nSPS) is 25.6. The van der Waals surface area contributed by atoms with Gasteiger partial charge < -0.3 is 10.0 Å². The summed E-state index contributed by atoms with van der Waals surface area (Å²) in [4.78, 5) is 23.2. The monoisotopic (exact) mass is 374 g/mol. The Morgan fingerprint density at radius 3 is 2.63 bits per heavy atom. The van der Waals surface area contributed by atoms with E-state index in [1.807, 2.05) is 6.20 Å². The lowest BCUT2D eigenvalue weighted by Crippen LogP contribution is -2.56. The third-order valence-electron chi connectivity index (χ3n) is 6.19. The number of aryl methyl sites for hydroxylation is 1. The molecular weight excluding hydrogens is 340 g/mol. The quantitative estimate of drug-likeness (QED) is 0.787. The van der Waals surface area contributed by atoms with Crippen LogP contribution in [-0.4, -0.2) is 83.1 Å². The first-order chi connectivity index (χ1) is 13.0. The summed E-state index contributed by atoms with van der Waals surface area (Å²) in [5.41, 5.74) is 2.38. The molecule has 3 rings (SSSR count). The number of piperidine rings is 1. The molecule has 0 spiro atoms. The van der Waals surface area contributed by atoms with E-state index in [9.17, 15) is 9.90 Å². The van der Waals surface area contributed by atoms with Gasteiger partial charge in [0.25, 0.3) is 0 Å². The van der Waals surface area contributed by atoms with Gasteiger partial charge >= 0.3 is 5.97 Å². The molecule has 1 N–H and O–H groups in total. The Labute approximate surface area is 163 Å². The Bertz CT molecular complexity index is 599. The van der Waals surface area contributed by atoms with Gasteiger partial charge in [-0.05, 0) is 43.9 Å². The highest BCUT2D eigenvalue weighted by Gasteiger charge is 2.34. The number of aliphatic carboxylic acids is 1. The van der Waals surface area contributed by atoms with E-state index >= 15 is 0 Å². The molecule has 0 aromatic carbocycles. The summed E-state index contributed by atoms with van der Waals surface area (Å²) in [6.07, 6.45) is 5.16. The van der Waals surface area contributed by atoms with Crippen LogP contribution >= 0.6 is 0 Å². The van der Waals surface area contributed by atoms with Crippen molar-refractivity contribution in [1.82, 2.24) is 19.7 Å². The molecule has 0 unspecified atom stereocenters. The Balaban J connectivity index is 1.61. The SMILES string of the molecule is CCc1ccc(CN2CC[C@@H](N3CCN(C)CC3)[C@@H](CCC(=O)O)C2)nc1. The molecule has 1 aromatic heterocycles. The van der Waals surface area contributed by atoms with Crippen LogP contribution in [0.2, 0.25) is 0 Å². The lowest BCUT2D eigenvalue weighted by Gasteiger charge is -2.46. The van der Waals surface area contributed by atoms with Gasteiger partial charge in [0.15, 0.2) is 0 Å². The molecule has 0 amide bonds. The van der Waals surface area contributed by atoms with Crippen molar-refractivity contribution in [3.8, 4) is 0 Å². The van der Waals surface area contributed by atoms with E-state index in [4.69, 9.17) is 0 Å². The topological polar surface area (TPSA) is 59.9 Å². The van der Waals surface area contributed by atoms with Gasteiger partial charge in [-0.25, -0.2) is 0 Å². The number of hydrogen-bond acceptors (Lipinski definition) is 5. The number of carboxylic acid groups (broad SMARTS) is 1. The molecule has 0 aliphatic carbocycles. The van der Waals surface area contributed by atoms with E-state index in [0.717, 1.165) is 70.8 Å². The van der Waals surface area contributed by atoms with Crippen LogP contribution in [0.3, 0.4) is 0 Å². The number of likely N-dealkylation sites (N-methyl/N-ethyl adjacent to an activating group) is 1. The van der Waals surface area contributed by atoms with Gasteiger partial charge in [0.1, 0.15) is 0 Å². The first kappa shape index (κ1) is 20.2. The van der Waals surface area contributed by atoms with Crippen LogP contribution in [0, 0.1) is 5.92 Å². The lowest BCUT2D eigenvalue weighted by molar-refractivity contribution is -0.137. The number of aromatic nitrogens is 1. The molecule has 6 nitrogen and oxygen atoms in total. The van der Waals surface area contributed by atoms with Crippen LogP contribution in [0.25, 0.3) is 0 Å². The average Bonchev–Trinajstić information content (AvgIpc) is 2.68. The zero-order valence-electron chi connectivity index (χ0n) is 16.8. The van der Waals surface area contributed by atoms with Crippen LogP contribution in [0.15, 0.2) is 18.3 Å². The second kappa shape index (κ2) is 9.62. The van der Waals surface area contributed by atoms with Gasteiger partial charge in [-0.2, -0.15) is 0 Å². The summed E-state index contributed by atoms with van der Waals surface area (Å²) in [6.45, 7) is 9.48. The van der Waals surface area contributed by atoms with Crippen molar-refractivity contribution in [3.05, 3.63) is 29.6 Å². The van der Waals surface area contributed by atoms with Crippen LogP contribution in [-0.2, 0) is 17.8 Å². The number of rotatable bonds is 7. The first-order valence-electron chi connectivity index (χ1n) is 10.4. The van der Waals surface area contributed by atoms with Gasteiger partial charge in [0.2, 0.25) is 0 Å². The van der Waals surface area contributed by atoms with Gasteiger partial charge in [-0.3, -0.25) is 19.6 Å². The van der Waals surface area contributed by atoms with Gasteiger partial charge in [0, 0.05) is 64.5 Å². The predicted molar refractivity (Wildman–Crippen MR) is 107 cm³/mol. The summed E-state index contributed by atoms with van der Waals surface area (Å²) < 4.78 is 0. The second-order valence-electron chi connectivity index (χ2n) is 8.13. The molecule has 2 atom stereocenters. The van der Waals surface area contributed by atoms with Crippen LogP contribution in [0.1, 0.15) is 37.4 Å². The van der Waals surface area contributed by atoms with Crippen LogP contribution in [0.4, 0.5) is 0 Å². The second-order valence-corrected chi connectivity index (χ2v) is 8.13. The van der Waals surface area contributed by atoms with Crippen molar-refractivity contribution in [3.63, 3.8) is 0 Å². The molecule has 6 heteroatoms. The Hall–Kier alpha value is -1.50. The fourth-order valence-electron chi connectivity index (χ4n) is 4.45. The molecule has 27 heavy (non-hydrogen) atoms. The van der Waals surface area contributed by atoms with Gasteiger partial charge in [0.05, 0.1) is 5.69 Å². The Kier molecular flexibility index (Phi) is 7.21. The number of hydrogen-bond donors (Lipinski definition) is 1. The fourth-order valence-corrected chi connectivity index (χ4v) is 4.45. The maximum absolute atomic E-state index is 11.2. The molecule has 2 aliphatic rings. The highest BCUT2D eigenvalue weighted by atomic mass is 16.4. The number of likely N-dealkylation sites (tertiary alicyclic amines) is 1. The predicted octanol–water partition coefficient (Wildman–Crippen LogP) is 1.95. The molecule has 1 aromatic rings. The minimum Gasteiger partial charge on any atom is -0.481 e. The zero-order chi connectivity index (χ0) is 19.2. The molecule has 0 radical (unpaired) electrons. The number of nitrogens with zero attached hydrogens (tertiary/aromatic N) is 4. The third-order valence-corrected chi connectivity index (χ3v) is 6.19. The minimum absolute atomic E-state index is 0.270. The van der Waals surface area contributed by atoms with E-state index in [0.29, 0.717) is 12.0 Å². The summed E-state index contributed by atoms with van der Waals surface area (Å²) in [5, 5.41) is 9.18. The average molecular weight is 375 g/mol. The number of piperazine rings is 1. The molecular formula is C21H34N4O2. The molecule has 0 saturated carbocycles. The van der Waals surface area contributed by atoms with E-state index in [-0.39, 0.29) is 6.42 Å². The maximum atomic E-state index is 11.2. The number of pyridine rings is 1. The van der Waals surface area contributed by atoms with Crippen molar-refractivity contribution < 1.29 is 9.90 Å². The highest BCUT2D eigenvalue weighted by Crippen LogP contribution is 2.28. The van der Waals surface area contributed by atoms with Gasteiger partial charge in [-0.15, -0.1) is 0 Å². The standard InChI is InChI=1S/C21H34N4O2/c1-3-17-4-6-19(22-14-17)16-24-9-8-20(18(15-24)5-7-21(26)27)25-12-10-23(2)11-13-25/h4,6,14,18,20H,3,5,7-13,15-16H2,1-2H3,(H,26,27)/t18-,20+/m0/s1. The highest BCUT2D eigenvalue weighted by molar-refractivity contribution is 5.66. The lowest BCUT2D eigenvalue weighted by atomic mass is 9.86. The molecule has 2 saturated heterocycles. The Morgan fingerprint density at radius 2 is 2.00 bits per heavy atom. The minimum atomic E-state index is -0.680. The smallest absolute Gasteiger partial charge is 0.303 e. The van der Waals surface area contributed by atoms with Crippen molar-refractivity contribution in [2.75, 3.05) is 46.3 Å². The summed E-state index contributed by atoms with van der Waals surface area (Å²) in [7, 11) is 2.18. The molecule has 150 valence electrons. The Morgan fingerprint density at radius 1 is 1.22 bits per heavy atom. The summed E-state index contributed by atoms with van der Waals surface area (Å²) in [6, 6.07) is 4.82. The van der Waals surface area contributed by atoms with Crippen LogP contribution in [0.5, 0.6) is 0 Å². The van der Waals surface area contributed by atoms with E-state index in [1.165, 1.54) is 5.56 Å². The van der Waals surface area contributed by atoms with Crippen molar-refractivity contribution in [1.29, 1.82) is 0 Å². The maximum Gasteiger partial charge on any atom is 0.303 e. The molecule has 0 bridgehead atoms. The molecule has 2 fully saturated rings. The summed E-state index contributed by atoms with van der Waals surface area (Å²) in [5.74, 6) is -0.255. The van der Waals surface area contributed by atoms with Crippen molar-refractivity contribution >= 4 is 5.97 Å². The van der Waals surface area contributed by atoms with E-state index in [2.05, 4.69) is 45.8 Å². The largest absolute Gasteiger partial charge is 0.481 e. The molecule has 2 aliphatic heterocycles. The number of carbonyl (C=O) groups is 1. The summed E-state index contributed by atoms with van der Waals surface area (Å²) >= 11 is 0.